The van der Waals surface area contributed by atoms with E-state index in [-0.39, 0.29) is 24.6 Å². The lowest BCUT2D eigenvalue weighted by Crippen LogP contribution is -2.39. The predicted molar refractivity (Wildman–Crippen MR) is 133 cm³/mol. The Morgan fingerprint density at radius 3 is 2.34 bits per heavy atom. The number of hydrogen-bond acceptors (Lipinski definition) is 6. The largest absolute Gasteiger partial charge is 0.476 e. The quantitative estimate of drug-likeness (QED) is 0.448. The summed E-state index contributed by atoms with van der Waals surface area (Å²) in [5.41, 5.74) is 0.662. The van der Waals surface area contributed by atoms with Crippen LogP contribution in [0.5, 0.6) is 5.75 Å². The van der Waals surface area contributed by atoms with E-state index in [0.717, 1.165) is 5.56 Å². The number of nitrogens with zero attached hydrogens (tertiary/aromatic N) is 2. The van der Waals surface area contributed by atoms with Crippen molar-refractivity contribution in [3.8, 4) is 17.0 Å². The molecule has 0 radical (unpaired) electrons. The molecule has 0 saturated carbocycles. The van der Waals surface area contributed by atoms with Crippen LogP contribution >= 0.6 is 0 Å². The van der Waals surface area contributed by atoms with Crippen LogP contribution in [0.25, 0.3) is 11.3 Å². The highest BCUT2D eigenvalue weighted by Crippen LogP contribution is 2.20. The fourth-order valence-corrected chi connectivity index (χ4v) is 3.52. The number of aromatic nitrogens is 2. The third-order valence-electron chi connectivity index (χ3n) is 5.35. The van der Waals surface area contributed by atoms with Gasteiger partial charge in [-0.3, -0.25) is 14.2 Å². The highest BCUT2D eigenvalue weighted by Gasteiger charge is 2.31. The van der Waals surface area contributed by atoms with Gasteiger partial charge in [0.1, 0.15) is 11.6 Å². The summed E-state index contributed by atoms with van der Waals surface area (Å²) in [6.45, 7) is 7.77. The fourth-order valence-electron chi connectivity index (χ4n) is 3.52. The average molecular weight is 478 g/mol. The van der Waals surface area contributed by atoms with Crippen molar-refractivity contribution >= 4 is 11.9 Å². The maximum atomic E-state index is 12.7. The van der Waals surface area contributed by atoms with E-state index in [1.54, 1.807) is 49.6 Å². The molecule has 0 fully saturated rings. The topological polar surface area (TPSA) is 99.5 Å². The molecular formula is C27H31N3O5. The van der Waals surface area contributed by atoms with Gasteiger partial charge in [0.15, 0.2) is 5.60 Å². The molecule has 0 atom stereocenters. The molecule has 184 valence electrons. The lowest BCUT2D eigenvalue weighted by atomic mass is 10.1. The minimum absolute atomic E-state index is 0.157. The second kappa shape index (κ2) is 11.5. The Kier molecular flexibility index (Phi) is 8.41. The van der Waals surface area contributed by atoms with Gasteiger partial charge in [0.2, 0.25) is 0 Å². The SMILES string of the molecule is CCOC(=O)C(C)(C)Oc1ccc(C(=O)NCCn2c(CC)nc(-c3ccccc3)cc2=O)cc1. The van der Waals surface area contributed by atoms with Gasteiger partial charge in [-0.15, -0.1) is 0 Å². The lowest BCUT2D eigenvalue weighted by molar-refractivity contribution is -0.158. The van der Waals surface area contributed by atoms with Crippen molar-refractivity contribution in [2.45, 2.75) is 46.3 Å². The zero-order chi connectivity index (χ0) is 25.4. The second-order valence-electron chi connectivity index (χ2n) is 8.38. The highest BCUT2D eigenvalue weighted by atomic mass is 16.6. The summed E-state index contributed by atoms with van der Waals surface area (Å²) in [5.74, 6) is 0.371. The number of hydrogen-bond donors (Lipinski definition) is 1. The number of rotatable bonds is 10. The Bertz CT molecular complexity index is 1220. The molecule has 1 N–H and O–H groups in total. The van der Waals surface area contributed by atoms with E-state index in [1.807, 2.05) is 37.3 Å². The monoisotopic (exact) mass is 477 g/mol. The molecule has 0 saturated heterocycles. The van der Waals surface area contributed by atoms with Gasteiger partial charge >= 0.3 is 5.97 Å². The molecule has 8 nitrogen and oxygen atoms in total. The van der Waals surface area contributed by atoms with Crippen LogP contribution in [0, 0.1) is 0 Å². The second-order valence-corrected chi connectivity index (χ2v) is 8.38. The van der Waals surface area contributed by atoms with Gasteiger partial charge in [0, 0.05) is 36.7 Å². The summed E-state index contributed by atoms with van der Waals surface area (Å²) >= 11 is 0. The molecule has 0 unspecified atom stereocenters. The average Bonchev–Trinajstić information content (AvgIpc) is 2.85. The van der Waals surface area contributed by atoms with E-state index in [9.17, 15) is 14.4 Å². The smallest absolute Gasteiger partial charge is 0.349 e. The van der Waals surface area contributed by atoms with Gasteiger partial charge in [-0.05, 0) is 45.0 Å². The number of esters is 1. The zero-order valence-corrected chi connectivity index (χ0v) is 20.5. The first kappa shape index (κ1) is 25.7. The zero-order valence-electron chi connectivity index (χ0n) is 20.5. The molecule has 1 heterocycles. The molecular weight excluding hydrogens is 446 g/mol. The summed E-state index contributed by atoms with van der Waals surface area (Å²) in [6, 6.07) is 17.6. The van der Waals surface area contributed by atoms with E-state index < -0.39 is 11.6 Å². The van der Waals surface area contributed by atoms with Crippen LogP contribution < -0.4 is 15.6 Å². The molecule has 8 heteroatoms. The Morgan fingerprint density at radius 1 is 1.03 bits per heavy atom. The van der Waals surface area contributed by atoms with E-state index in [2.05, 4.69) is 10.3 Å². The number of aryl methyl sites for hydroxylation is 1. The minimum atomic E-state index is -1.14. The van der Waals surface area contributed by atoms with Crippen LogP contribution in [0.4, 0.5) is 0 Å². The first-order valence-electron chi connectivity index (χ1n) is 11.7. The van der Waals surface area contributed by atoms with Crippen molar-refractivity contribution in [3.05, 3.63) is 82.4 Å². The number of ether oxygens (including phenoxy) is 2. The summed E-state index contributed by atoms with van der Waals surface area (Å²) in [7, 11) is 0. The Balaban J connectivity index is 1.61. The van der Waals surface area contributed by atoms with Gasteiger partial charge < -0.3 is 14.8 Å². The summed E-state index contributed by atoms with van der Waals surface area (Å²) in [5, 5.41) is 2.83. The summed E-state index contributed by atoms with van der Waals surface area (Å²) in [4.78, 5) is 42.0. The Morgan fingerprint density at radius 2 is 1.71 bits per heavy atom. The Labute approximate surface area is 204 Å². The van der Waals surface area contributed by atoms with Crippen molar-refractivity contribution in [2.24, 2.45) is 0 Å². The van der Waals surface area contributed by atoms with Crippen LogP contribution in [-0.2, 0) is 22.5 Å². The molecule has 1 amide bonds. The van der Waals surface area contributed by atoms with Crippen molar-refractivity contribution in [1.29, 1.82) is 0 Å². The van der Waals surface area contributed by atoms with E-state index >= 15 is 0 Å². The number of benzene rings is 2. The van der Waals surface area contributed by atoms with E-state index in [4.69, 9.17) is 9.47 Å². The standard InChI is InChI=1S/C27H31N3O5/c1-5-23-29-22(19-10-8-7-9-11-19)18-24(31)30(23)17-16-28-25(32)20-12-14-21(15-13-20)35-27(3,4)26(33)34-6-2/h7-15,18H,5-6,16-17H2,1-4H3,(H,28,32). The number of carbonyl (C=O) groups is 2. The molecule has 0 spiro atoms. The van der Waals surface area contributed by atoms with Crippen molar-refractivity contribution in [1.82, 2.24) is 14.9 Å². The molecule has 0 aliphatic carbocycles. The van der Waals surface area contributed by atoms with E-state index in [0.29, 0.717) is 35.8 Å². The minimum Gasteiger partial charge on any atom is -0.476 e. The van der Waals surface area contributed by atoms with E-state index in [1.165, 1.54) is 6.07 Å². The van der Waals surface area contributed by atoms with Crippen LogP contribution in [0.2, 0.25) is 0 Å². The van der Waals surface area contributed by atoms with Gasteiger partial charge in [-0.2, -0.15) is 0 Å². The normalized spacial score (nSPS) is 11.1. The van der Waals surface area contributed by atoms with Crippen LogP contribution in [-0.4, -0.2) is 40.2 Å². The van der Waals surface area contributed by atoms with Crippen molar-refractivity contribution in [3.63, 3.8) is 0 Å². The van der Waals surface area contributed by atoms with Crippen molar-refractivity contribution < 1.29 is 19.1 Å². The van der Waals surface area contributed by atoms with Gasteiger partial charge in [0.25, 0.3) is 11.5 Å². The molecule has 3 rings (SSSR count). The van der Waals surface area contributed by atoms with Crippen LogP contribution in [0.3, 0.4) is 0 Å². The molecule has 0 aliphatic rings. The molecule has 0 aliphatic heterocycles. The maximum absolute atomic E-state index is 12.7. The molecule has 35 heavy (non-hydrogen) atoms. The number of amides is 1. The number of nitrogens with one attached hydrogen (secondary N) is 1. The first-order chi connectivity index (χ1) is 16.7. The Hall–Kier alpha value is -3.94. The molecule has 1 aromatic heterocycles. The van der Waals surface area contributed by atoms with Crippen molar-refractivity contribution in [2.75, 3.05) is 13.2 Å². The molecule has 0 bridgehead atoms. The highest BCUT2D eigenvalue weighted by molar-refractivity contribution is 5.94. The number of carbonyl (C=O) groups excluding carboxylic acids is 2. The summed E-state index contributed by atoms with van der Waals surface area (Å²) in [6.07, 6.45) is 0.591. The van der Waals surface area contributed by atoms with Gasteiger partial charge in [-0.1, -0.05) is 37.3 Å². The first-order valence-corrected chi connectivity index (χ1v) is 11.7. The summed E-state index contributed by atoms with van der Waals surface area (Å²) < 4.78 is 12.3. The fraction of sp³-hybridized carbons (Fsp3) is 0.333. The van der Waals surface area contributed by atoms with Crippen LogP contribution in [0.1, 0.15) is 43.9 Å². The molecule has 2 aromatic carbocycles. The van der Waals surface area contributed by atoms with Crippen LogP contribution in [0.15, 0.2) is 65.5 Å². The predicted octanol–water partition coefficient (Wildman–Crippen LogP) is 3.62. The maximum Gasteiger partial charge on any atom is 0.349 e. The van der Waals surface area contributed by atoms with Gasteiger partial charge in [0.05, 0.1) is 12.3 Å². The molecule has 3 aromatic rings. The lowest BCUT2D eigenvalue weighted by Gasteiger charge is -2.24. The third-order valence-corrected chi connectivity index (χ3v) is 5.35. The van der Waals surface area contributed by atoms with Gasteiger partial charge in [-0.25, -0.2) is 9.78 Å². The third kappa shape index (κ3) is 6.56.